The Morgan fingerprint density at radius 2 is 0.568 bits per heavy atom. The van der Waals surface area contributed by atoms with E-state index in [1.165, 1.54) is 65.6 Å². The Bertz CT molecular complexity index is 1070. The van der Waals surface area contributed by atoms with Crippen molar-refractivity contribution in [2.75, 3.05) is 12.3 Å². The molecule has 0 saturated heterocycles. The molecule has 0 fully saturated rings. The molecule has 0 N–H and O–H groups in total. The average Bonchev–Trinajstić information content (AvgIpc) is 2.85. The van der Waals surface area contributed by atoms with Crippen LogP contribution in [0, 0.1) is 0 Å². The van der Waals surface area contributed by atoms with Crippen molar-refractivity contribution in [1.29, 1.82) is 0 Å². The molecule has 6 heteroatoms. The summed E-state index contributed by atoms with van der Waals surface area (Å²) in [5, 5.41) is 0. The average molecular weight is 976 g/mol. The first-order chi connectivity index (χ1) is 17.6. The molecule has 0 heterocycles. The van der Waals surface area contributed by atoms with E-state index in [0.29, 0.717) is 0 Å². The van der Waals surface area contributed by atoms with Crippen LogP contribution in [0.2, 0.25) is 0 Å². The van der Waals surface area contributed by atoms with Gasteiger partial charge in [-0.3, -0.25) is 0 Å². The van der Waals surface area contributed by atoms with E-state index in [1.54, 1.807) is 0 Å². The third kappa shape index (κ3) is 9.91. The van der Waals surface area contributed by atoms with E-state index in [2.05, 4.69) is 209 Å². The summed E-state index contributed by atoms with van der Waals surface area (Å²) in [5.41, 5.74) is 5.93. The molecule has 0 nitrogen and oxygen atoms in total. The zero-order valence-electron chi connectivity index (χ0n) is 20.9. The fraction of sp³-hybridized carbons (Fsp3) is 0.226. The number of rotatable bonds is 12. The molecule has 0 amide bonds. The fourth-order valence-corrected chi connectivity index (χ4v) is 25.5. The quantitative estimate of drug-likeness (QED) is 0.0980. The Hall–Kier alpha value is 0.660. The van der Waals surface area contributed by atoms with Crippen LogP contribution >= 0.6 is 91.9 Å². The van der Waals surface area contributed by atoms with Crippen molar-refractivity contribution >= 4 is 91.9 Å². The Labute approximate surface area is 275 Å². The molecule has 196 valence electrons. The molecule has 37 heavy (non-hydrogen) atoms. The topological polar surface area (TPSA) is 0 Å². The van der Waals surface area contributed by atoms with E-state index in [1.807, 2.05) is 0 Å². The van der Waals surface area contributed by atoms with Gasteiger partial charge in [0.2, 0.25) is 0 Å². The van der Waals surface area contributed by atoms with E-state index in [0.717, 1.165) is 0 Å². The summed E-state index contributed by atoms with van der Waals surface area (Å²) in [5.74, 6) is 0. The molecule has 0 aromatic heterocycles. The van der Waals surface area contributed by atoms with Gasteiger partial charge in [-0.25, -0.2) is 0 Å². The maximum absolute atomic E-state index is 2.95. The van der Waals surface area contributed by atoms with Crippen molar-refractivity contribution in [1.82, 2.24) is 0 Å². The van der Waals surface area contributed by atoms with Crippen molar-refractivity contribution in [2.24, 2.45) is 0 Å². The maximum atomic E-state index is 2.95. The molecular weight excluding hydrogens is 942 g/mol. The molecule has 0 aliphatic heterocycles. The van der Waals surface area contributed by atoms with Gasteiger partial charge in [-0.05, 0) is 0 Å². The second kappa shape index (κ2) is 13.1. The standard InChI is InChI=1S/C31H34I4P2/c32-36(33,24-28-14-5-1-6-15-28,25-29-16-7-2-8-17-29)22-13-23-37(34,35,26-30-18-9-3-10-19-30)27-31-20-11-4-12-21-31/h1-12,14-21H,13,22-27H2. The van der Waals surface area contributed by atoms with Gasteiger partial charge in [0, 0.05) is 0 Å². The first kappa shape index (κ1) is 30.6. The molecule has 4 aromatic rings. The first-order valence-electron chi connectivity index (χ1n) is 12.6. The molecule has 4 aromatic carbocycles. The molecule has 0 saturated carbocycles. The van der Waals surface area contributed by atoms with E-state index >= 15 is 0 Å². The van der Waals surface area contributed by atoms with Crippen LogP contribution in [-0.2, 0) is 24.6 Å². The number of hydrogen-bond donors (Lipinski definition) is 0. The van der Waals surface area contributed by atoms with Crippen molar-refractivity contribution in [3.63, 3.8) is 0 Å². The molecule has 0 aliphatic rings. The van der Waals surface area contributed by atoms with Crippen molar-refractivity contribution < 1.29 is 0 Å². The normalized spacial score (nSPS) is 14.3. The van der Waals surface area contributed by atoms with E-state index < -0.39 is 3.78 Å². The first-order valence-corrected chi connectivity index (χ1v) is 29.4. The molecular formula is C31H34I4P2. The van der Waals surface area contributed by atoms with Crippen LogP contribution in [-0.4, -0.2) is 12.3 Å². The van der Waals surface area contributed by atoms with Crippen molar-refractivity contribution in [3.05, 3.63) is 144 Å². The summed E-state index contributed by atoms with van der Waals surface area (Å²) < 4.78 is -4.18. The zero-order chi connectivity index (χ0) is 26.3. The molecule has 0 spiro atoms. The molecule has 0 aliphatic carbocycles. The molecule has 0 radical (unpaired) electrons. The van der Waals surface area contributed by atoms with Gasteiger partial charge in [-0.1, -0.05) is 0 Å². The van der Waals surface area contributed by atoms with Gasteiger partial charge in [-0.2, -0.15) is 0 Å². The van der Waals surface area contributed by atoms with Crippen LogP contribution in [0.3, 0.4) is 0 Å². The van der Waals surface area contributed by atoms with Gasteiger partial charge >= 0.3 is 279 Å². The van der Waals surface area contributed by atoms with Gasteiger partial charge < -0.3 is 0 Å². The summed E-state index contributed by atoms with van der Waals surface area (Å²) in [4.78, 5) is 0. The van der Waals surface area contributed by atoms with E-state index in [9.17, 15) is 0 Å². The Morgan fingerprint density at radius 3 is 0.784 bits per heavy atom. The second-order valence-electron chi connectivity index (χ2n) is 10.3. The number of halogens is 4. The molecule has 0 bridgehead atoms. The van der Waals surface area contributed by atoms with E-state index in [-0.39, 0.29) is 0 Å². The van der Waals surface area contributed by atoms with Crippen LogP contribution in [0.25, 0.3) is 0 Å². The number of hydrogen-bond acceptors (Lipinski definition) is 0. The molecule has 0 atom stereocenters. The van der Waals surface area contributed by atoms with Gasteiger partial charge in [-0.15, -0.1) is 0 Å². The Balaban J connectivity index is 1.59. The molecule has 0 unspecified atom stereocenters. The van der Waals surface area contributed by atoms with Crippen LogP contribution < -0.4 is 0 Å². The SMILES string of the molecule is IP(I)(CCCP(I)(I)(Cc1ccccc1)Cc1ccccc1)(Cc1ccccc1)Cc1ccccc1. The minimum absolute atomic E-state index is 1.19. The Kier molecular flexibility index (Phi) is 10.8. The third-order valence-electron chi connectivity index (χ3n) is 6.76. The van der Waals surface area contributed by atoms with Gasteiger partial charge in [0.05, 0.1) is 0 Å². The second-order valence-corrected chi connectivity index (χ2v) is 59.7. The van der Waals surface area contributed by atoms with Crippen molar-refractivity contribution in [3.8, 4) is 0 Å². The summed E-state index contributed by atoms with van der Waals surface area (Å²) in [7, 11) is 0. The fourth-order valence-electron chi connectivity index (χ4n) is 5.10. The predicted molar refractivity (Wildman–Crippen MR) is 205 cm³/mol. The summed E-state index contributed by atoms with van der Waals surface area (Å²) in [6, 6.07) is 44.7. The van der Waals surface area contributed by atoms with Gasteiger partial charge in [0.1, 0.15) is 0 Å². The number of benzene rings is 4. The molecule has 4 rings (SSSR count). The monoisotopic (exact) mass is 976 g/mol. The van der Waals surface area contributed by atoms with Gasteiger partial charge in [0.25, 0.3) is 0 Å². The summed E-state index contributed by atoms with van der Waals surface area (Å²) in [6.45, 7) is 0. The summed E-state index contributed by atoms with van der Waals surface area (Å²) >= 11 is 11.8. The third-order valence-corrected chi connectivity index (χ3v) is 27.5. The van der Waals surface area contributed by atoms with E-state index in [4.69, 9.17) is 0 Å². The summed E-state index contributed by atoms with van der Waals surface area (Å²) in [6.07, 6.45) is 8.67. The van der Waals surface area contributed by atoms with Crippen LogP contribution in [0.1, 0.15) is 28.7 Å². The predicted octanol–water partition coefficient (Wildman–Crippen LogP) is 12.7. The van der Waals surface area contributed by atoms with Crippen molar-refractivity contribution in [2.45, 2.75) is 31.1 Å². The van der Waals surface area contributed by atoms with Crippen LogP contribution in [0.4, 0.5) is 0 Å². The minimum atomic E-state index is -2.09. The van der Waals surface area contributed by atoms with Gasteiger partial charge in [0.15, 0.2) is 0 Å². The zero-order valence-corrected chi connectivity index (χ0v) is 31.3. The van der Waals surface area contributed by atoms with Crippen LogP contribution in [0.15, 0.2) is 121 Å². The van der Waals surface area contributed by atoms with Crippen LogP contribution in [0.5, 0.6) is 0 Å². The Morgan fingerprint density at radius 1 is 0.351 bits per heavy atom.